The zero-order valence-corrected chi connectivity index (χ0v) is 9.58. The number of benzene rings is 1. The Labute approximate surface area is 95.8 Å². The number of hydrogen-bond donors (Lipinski definition) is 1. The molecule has 0 spiro atoms. The highest BCUT2D eigenvalue weighted by Crippen LogP contribution is 2.40. The maximum absolute atomic E-state index is 5.62. The van der Waals surface area contributed by atoms with Crippen LogP contribution in [0.25, 0.3) is 0 Å². The van der Waals surface area contributed by atoms with Crippen LogP contribution in [0.5, 0.6) is 11.5 Å². The summed E-state index contributed by atoms with van der Waals surface area (Å²) in [5.74, 6) is 1.83. The molecule has 2 aliphatic rings. The van der Waals surface area contributed by atoms with Gasteiger partial charge in [0.25, 0.3) is 0 Å². The van der Waals surface area contributed by atoms with Gasteiger partial charge in [0.05, 0.1) is 0 Å². The summed E-state index contributed by atoms with van der Waals surface area (Å²) in [6.07, 6.45) is 2.33. The molecule has 0 bridgehead atoms. The molecular formula is C13H17NO2. The molecule has 1 aromatic rings. The van der Waals surface area contributed by atoms with Gasteiger partial charge in [-0.3, -0.25) is 0 Å². The lowest BCUT2D eigenvalue weighted by Crippen LogP contribution is -2.19. The second-order valence-electron chi connectivity index (χ2n) is 4.34. The fourth-order valence-corrected chi connectivity index (χ4v) is 2.60. The summed E-state index contributed by atoms with van der Waals surface area (Å²) in [4.78, 5) is 0. The highest BCUT2D eigenvalue weighted by atomic mass is 16.6. The minimum Gasteiger partial charge on any atom is -0.486 e. The summed E-state index contributed by atoms with van der Waals surface area (Å²) in [5, 5.41) is 3.51. The van der Waals surface area contributed by atoms with Gasteiger partial charge >= 0.3 is 0 Å². The van der Waals surface area contributed by atoms with Crippen molar-refractivity contribution >= 4 is 0 Å². The van der Waals surface area contributed by atoms with Crippen LogP contribution < -0.4 is 14.8 Å². The predicted molar refractivity (Wildman–Crippen MR) is 62.2 cm³/mol. The van der Waals surface area contributed by atoms with Gasteiger partial charge in [-0.15, -0.1) is 0 Å². The lowest BCUT2D eigenvalue weighted by Gasteiger charge is -2.20. The zero-order chi connectivity index (χ0) is 11.0. The second kappa shape index (κ2) is 3.98. The molecule has 1 unspecified atom stereocenters. The minimum atomic E-state index is 0.496. The molecule has 0 saturated heterocycles. The summed E-state index contributed by atoms with van der Waals surface area (Å²) in [6, 6.07) is 4.81. The number of ether oxygens (including phenoxy) is 2. The Morgan fingerprint density at radius 1 is 1.25 bits per heavy atom. The Kier molecular flexibility index (Phi) is 2.48. The summed E-state index contributed by atoms with van der Waals surface area (Å²) >= 11 is 0. The van der Waals surface area contributed by atoms with Crippen LogP contribution in [0.2, 0.25) is 0 Å². The Bertz CT molecular complexity index is 403. The van der Waals surface area contributed by atoms with E-state index in [2.05, 4.69) is 24.4 Å². The Hall–Kier alpha value is -1.22. The average Bonchev–Trinajstić information content (AvgIpc) is 2.70. The predicted octanol–water partition coefficient (Wildman–Crippen LogP) is 2.05. The van der Waals surface area contributed by atoms with E-state index in [1.807, 2.05) is 0 Å². The Morgan fingerprint density at radius 2 is 2.00 bits per heavy atom. The first-order valence-electron chi connectivity index (χ1n) is 6.04. The minimum absolute atomic E-state index is 0.496. The van der Waals surface area contributed by atoms with Crippen LogP contribution >= 0.6 is 0 Å². The number of rotatable bonds is 2. The van der Waals surface area contributed by atoms with E-state index in [0.29, 0.717) is 19.3 Å². The van der Waals surface area contributed by atoms with Gasteiger partial charge in [0, 0.05) is 6.04 Å². The topological polar surface area (TPSA) is 30.5 Å². The van der Waals surface area contributed by atoms with E-state index >= 15 is 0 Å². The van der Waals surface area contributed by atoms with Crippen LogP contribution in [-0.2, 0) is 6.42 Å². The van der Waals surface area contributed by atoms with Gasteiger partial charge in [0.15, 0.2) is 11.5 Å². The quantitative estimate of drug-likeness (QED) is 0.825. The molecule has 3 heteroatoms. The van der Waals surface area contributed by atoms with E-state index in [1.165, 1.54) is 17.5 Å². The molecule has 1 atom stereocenters. The third-order valence-electron chi connectivity index (χ3n) is 3.33. The van der Waals surface area contributed by atoms with Gasteiger partial charge in [-0.05, 0) is 42.6 Å². The van der Waals surface area contributed by atoms with Gasteiger partial charge in [-0.2, -0.15) is 0 Å². The third kappa shape index (κ3) is 1.55. The molecule has 86 valence electrons. The van der Waals surface area contributed by atoms with E-state index in [1.54, 1.807) is 0 Å². The van der Waals surface area contributed by atoms with Crippen molar-refractivity contribution in [3.8, 4) is 11.5 Å². The first kappa shape index (κ1) is 9.97. The molecule has 3 nitrogen and oxygen atoms in total. The molecule has 1 aliphatic heterocycles. The van der Waals surface area contributed by atoms with Crippen molar-refractivity contribution in [3.05, 3.63) is 23.3 Å². The normalized spacial score (nSPS) is 21.9. The summed E-state index contributed by atoms with van der Waals surface area (Å²) < 4.78 is 11.2. The summed E-state index contributed by atoms with van der Waals surface area (Å²) in [6.45, 7) is 4.49. The van der Waals surface area contributed by atoms with Crippen molar-refractivity contribution in [2.24, 2.45) is 0 Å². The van der Waals surface area contributed by atoms with Gasteiger partial charge in [-0.25, -0.2) is 0 Å². The number of fused-ring (bicyclic) bond motifs is 2. The SMILES string of the molecule is CCNC1CCc2cc3c(cc21)OCCO3. The first-order valence-corrected chi connectivity index (χ1v) is 6.04. The van der Waals surface area contributed by atoms with Crippen molar-refractivity contribution in [1.82, 2.24) is 5.32 Å². The fraction of sp³-hybridized carbons (Fsp3) is 0.538. The molecule has 1 aliphatic carbocycles. The van der Waals surface area contributed by atoms with Gasteiger partial charge in [0.2, 0.25) is 0 Å². The van der Waals surface area contributed by atoms with Crippen LogP contribution in [0.15, 0.2) is 12.1 Å². The first-order chi connectivity index (χ1) is 7.88. The number of aryl methyl sites for hydroxylation is 1. The van der Waals surface area contributed by atoms with Crippen LogP contribution in [0.4, 0.5) is 0 Å². The molecule has 1 aromatic carbocycles. The zero-order valence-electron chi connectivity index (χ0n) is 9.58. The molecular weight excluding hydrogens is 202 g/mol. The van der Waals surface area contributed by atoms with E-state index in [0.717, 1.165) is 24.5 Å². The third-order valence-corrected chi connectivity index (χ3v) is 3.33. The summed E-state index contributed by atoms with van der Waals surface area (Å²) in [5.41, 5.74) is 2.81. The fourth-order valence-electron chi connectivity index (χ4n) is 2.60. The molecule has 16 heavy (non-hydrogen) atoms. The molecule has 0 amide bonds. The molecule has 1 N–H and O–H groups in total. The average molecular weight is 219 g/mol. The lowest BCUT2D eigenvalue weighted by atomic mass is 10.1. The Morgan fingerprint density at radius 3 is 2.75 bits per heavy atom. The second-order valence-corrected chi connectivity index (χ2v) is 4.34. The highest BCUT2D eigenvalue weighted by Gasteiger charge is 2.25. The summed E-state index contributed by atoms with van der Waals surface area (Å²) in [7, 11) is 0. The molecule has 3 rings (SSSR count). The highest BCUT2D eigenvalue weighted by molar-refractivity contribution is 5.50. The van der Waals surface area contributed by atoms with Gasteiger partial charge in [0.1, 0.15) is 13.2 Å². The monoisotopic (exact) mass is 219 g/mol. The van der Waals surface area contributed by atoms with Crippen molar-refractivity contribution in [2.75, 3.05) is 19.8 Å². The molecule has 0 aromatic heterocycles. The molecule has 0 saturated carbocycles. The van der Waals surface area contributed by atoms with E-state index < -0.39 is 0 Å². The smallest absolute Gasteiger partial charge is 0.161 e. The number of hydrogen-bond acceptors (Lipinski definition) is 3. The van der Waals surface area contributed by atoms with Crippen LogP contribution in [-0.4, -0.2) is 19.8 Å². The van der Waals surface area contributed by atoms with Crippen molar-refractivity contribution < 1.29 is 9.47 Å². The molecule has 0 radical (unpaired) electrons. The Balaban J connectivity index is 1.97. The maximum Gasteiger partial charge on any atom is 0.161 e. The van der Waals surface area contributed by atoms with E-state index in [-0.39, 0.29) is 0 Å². The van der Waals surface area contributed by atoms with Crippen LogP contribution in [0, 0.1) is 0 Å². The van der Waals surface area contributed by atoms with Crippen LogP contribution in [0.3, 0.4) is 0 Å². The van der Waals surface area contributed by atoms with Gasteiger partial charge < -0.3 is 14.8 Å². The lowest BCUT2D eigenvalue weighted by molar-refractivity contribution is 0.171. The van der Waals surface area contributed by atoms with Gasteiger partial charge in [-0.1, -0.05) is 6.92 Å². The van der Waals surface area contributed by atoms with Crippen molar-refractivity contribution in [1.29, 1.82) is 0 Å². The van der Waals surface area contributed by atoms with Crippen molar-refractivity contribution in [2.45, 2.75) is 25.8 Å². The molecule has 0 fully saturated rings. The standard InChI is InChI=1S/C13H17NO2/c1-2-14-11-4-3-9-7-12-13(8-10(9)11)16-6-5-15-12/h7-8,11,14H,2-6H2,1H3. The number of nitrogens with one attached hydrogen (secondary N) is 1. The van der Waals surface area contributed by atoms with E-state index in [9.17, 15) is 0 Å². The van der Waals surface area contributed by atoms with Crippen LogP contribution in [0.1, 0.15) is 30.5 Å². The van der Waals surface area contributed by atoms with Crippen molar-refractivity contribution in [3.63, 3.8) is 0 Å². The molecule has 1 heterocycles. The van der Waals surface area contributed by atoms with E-state index in [4.69, 9.17) is 9.47 Å². The largest absolute Gasteiger partial charge is 0.486 e. The maximum atomic E-state index is 5.62.